The first-order valence-corrected chi connectivity index (χ1v) is 5.80. The van der Waals surface area contributed by atoms with Crippen LogP contribution in [0.5, 0.6) is 0 Å². The maximum atomic E-state index is 11.1. The summed E-state index contributed by atoms with van der Waals surface area (Å²) in [6.45, 7) is 0.338. The van der Waals surface area contributed by atoms with Crippen LogP contribution >= 0.6 is 0 Å². The van der Waals surface area contributed by atoms with Crippen molar-refractivity contribution >= 4 is 11.9 Å². The molecule has 1 aliphatic rings. The van der Waals surface area contributed by atoms with Gasteiger partial charge in [-0.1, -0.05) is 0 Å². The molecule has 1 aliphatic heterocycles. The molecule has 0 bridgehead atoms. The van der Waals surface area contributed by atoms with E-state index in [4.69, 9.17) is 9.84 Å². The monoisotopic (exact) mass is 313 g/mol. The summed E-state index contributed by atoms with van der Waals surface area (Å²) in [6, 6.07) is -1.19. The summed E-state index contributed by atoms with van der Waals surface area (Å²) in [4.78, 5) is 21.8. The summed E-state index contributed by atoms with van der Waals surface area (Å²) in [5.74, 6) is -3.01. The van der Waals surface area contributed by atoms with Crippen molar-refractivity contribution in [1.29, 1.82) is 0 Å². The number of rotatable bonds is 5. The van der Waals surface area contributed by atoms with Crippen LogP contribution in [0.1, 0.15) is 6.92 Å². The molecule has 114 valence electrons. The number of ether oxygens (including phenoxy) is 1. The second kappa shape index (κ2) is 8.69. The molecule has 0 fully saturated rings. The van der Waals surface area contributed by atoms with Gasteiger partial charge in [-0.3, -0.25) is 4.79 Å². The van der Waals surface area contributed by atoms with E-state index in [0.29, 0.717) is 0 Å². The van der Waals surface area contributed by atoms with Crippen molar-refractivity contribution in [2.24, 2.45) is 0 Å². The topological polar surface area (TPSA) is 159 Å². The van der Waals surface area contributed by atoms with E-state index < -0.39 is 54.7 Å². The molecule has 5 unspecified atom stereocenters. The normalized spacial score (nSPS) is 27.5. The minimum atomic E-state index is -1.73. The van der Waals surface area contributed by atoms with Crippen LogP contribution in [0, 0.1) is 0 Å². The smallest absolute Gasteiger partial charge is 0.542 e. The summed E-state index contributed by atoms with van der Waals surface area (Å²) >= 11 is 0. The molecule has 10 heteroatoms. The number of aliphatic hydroxyl groups is 4. The van der Waals surface area contributed by atoms with Crippen molar-refractivity contribution in [3.05, 3.63) is 11.8 Å². The number of hydrogen-bond acceptors (Lipinski definition) is 8. The Labute approximate surface area is 142 Å². The van der Waals surface area contributed by atoms with E-state index in [1.54, 1.807) is 0 Å². The van der Waals surface area contributed by atoms with E-state index in [2.05, 4.69) is 5.32 Å². The van der Waals surface area contributed by atoms with Crippen molar-refractivity contribution in [2.75, 3.05) is 6.61 Å². The molecule has 0 aliphatic carbocycles. The molecule has 5 atom stereocenters. The molecule has 21 heavy (non-hydrogen) atoms. The summed E-state index contributed by atoms with van der Waals surface area (Å²) in [5.41, 5.74) is 0. The first-order valence-electron chi connectivity index (χ1n) is 5.80. The van der Waals surface area contributed by atoms with Crippen LogP contribution in [-0.2, 0) is 14.3 Å². The fourth-order valence-corrected chi connectivity index (χ4v) is 1.84. The third kappa shape index (κ3) is 5.22. The molecule has 1 rings (SSSR count). The van der Waals surface area contributed by atoms with Crippen molar-refractivity contribution in [1.82, 2.24) is 5.32 Å². The number of amides is 1. The number of carbonyl (C=O) groups is 2. The van der Waals surface area contributed by atoms with E-state index in [9.17, 15) is 30.0 Å². The summed E-state index contributed by atoms with van der Waals surface area (Å²) in [6.07, 6.45) is -5.48. The van der Waals surface area contributed by atoms with Gasteiger partial charge in [-0.2, -0.15) is 0 Å². The standard InChI is InChI=1S/C11H17NO8.Na/c1-4(14)12-8-5(15)2-7(11(18)19)20-10(8)9(17)6(16)3-13;/h2,5-6,8-10,13,15-17H,3H2,1H3,(H,12,14)(H,18,19);/q;+1/p-1. The molecular formula is C11H16NNaO8. The molecule has 0 aromatic carbocycles. The Balaban J connectivity index is 0.00000400. The van der Waals surface area contributed by atoms with Gasteiger partial charge in [0.15, 0.2) is 6.10 Å². The first kappa shape index (κ1) is 20.3. The number of nitrogens with one attached hydrogen (secondary N) is 1. The van der Waals surface area contributed by atoms with Crippen molar-refractivity contribution in [3.8, 4) is 0 Å². The van der Waals surface area contributed by atoms with E-state index in [0.717, 1.165) is 13.0 Å². The van der Waals surface area contributed by atoms with E-state index in [1.807, 2.05) is 0 Å². The van der Waals surface area contributed by atoms with Crippen LogP contribution < -0.4 is 40.0 Å². The van der Waals surface area contributed by atoms with Crippen LogP contribution in [-0.4, -0.2) is 69.4 Å². The fraction of sp³-hybridized carbons (Fsp3) is 0.636. The number of carboxylic acid groups (broad SMARTS) is 1. The Bertz CT molecular complexity index is 415. The molecule has 0 aromatic heterocycles. The minimum Gasteiger partial charge on any atom is -0.542 e. The van der Waals surface area contributed by atoms with Gasteiger partial charge in [0.05, 0.1) is 18.8 Å². The Morgan fingerprint density at radius 1 is 1.48 bits per heavy atom. The van der Waals surface area contributed by atoms with Crippen molar-refractivity contribution in [2.45, 2.75) is 37.4 Å². The average molecular weight is 313 g/mol. The van der Waals surface area contributed by atoms with E-state index in [-0.39, 0.29) is 29.6 Å². The number of hydrogen-bond donors (Lipinski definition) is 5. The largest absolute Gasteiger partial charge is 1.00 e. The Morgan fingerprint density at radius 3 is 2.48 bits per heavy atom. The fourth-order valence-electron chi connectivity index (χ4n) is 1.84. The Morgan fingerprint density at radius 2 is 2.05 bits per heavy atom. The van der Waals surface area contributed by atoms with Crippen molar-refractivity contribution < 1.29 is 69.4 Å². The van der Waals surface area contributed by atoms with E-state index in [1.165, 1.54) is 0 Å². The van der Waals surface area contributed by atoms with Crippen LogP contribution in [0.4, 0.5) is 0 Å². The first-order chi connectivity index (χ1) is 9.27. The number of aliphatic carboxylic acids is 1. The second-order valence-electron chi connectivity index (χ2n) is 4.36. The molecule has 0 saturated carbocycles. The number of carbonyl (C=O) groups excluding carboxylic acids is 2. The van der Waals surface area contributed by atoms with Gasteiger partial charge in [-0.25, -0.2) is 0 Å². The van der Waals surface area contributed by atoms with Crippen LogP contribution in [0.3, 0.4) is 0 Å². The van der Waals surface area contributed by atoms with Crippen LogP contribution in [0.15, 0.2) is 11.8 Å². The van der Waals surface area contributed by atoms with Gasteiger partial charge in [0.1, 0.15) is 23.9 Å². The molecular weight excluding hydrogens is 297 g/mol. The molecule has 5 N–H and O–H groups in total. The summed E-state index contributed by atoms with van der Waals surface area (Å²) in [5, 5.41) is 50.8. The van der Waals surface area contributed by atoms with Gasteiger partial charge in [0.25, 0.3) is 0 Å². The van der Waals surface area contributed by atoms with Gasteiger partial charge in [-0.05, 0) is 6.08 Å². The zero-order chi connectivity index (χ0) is 15.4. The van der Waals surface area contributed by atoms with Crippen molar-refractivity contribution in [3.63, 3.8) is 0 Å². The number of carboxylic acids is 1. The van der Waals surface area contributed by atoms with Gasteiger partial charge >= 0.3 is 29.6 Å². The van der Waals surface area contributed by atoms with Gasteiger partial charge in [-0.15, -0.1) is 0 Å². The third-order valence-electron chi connectivity index (χ3n) is 2.80. The maximum absolute atomic E-state index is 11.1. The Hall–Kier alpha value is -0.680. The SMILES string of the molecule is CC(=O)NC1C(O)C=C(C(=O)[O-])OC1C(O)C(O)CO.[Na+]. The van der Waals surface area contributed by atoms with Gasteiger partial charge in [0, 0.05) is 6.92 Å². The Kier molecular flexibility index (Phi) is 8.41. The molecule has 0 spiro atoms. The van der Waals surface area contributed by atoms with Crippen LogP contribution in [0.2, 0.25) is 0 Å². The quantitative estimate of drug-likeness (QED) is 0.313. The summed E-state index contributed by atoms with van der Waals surface area (Å²) < 4.78 is 4.92. The molecule has 0 radical (unpaired) electrons. The summed E-state index contributed by atoms with van der Waals surface area (Å²) in [7, 11) is 0. The number of aliphatic hydroxyl groups excluding tert-OH is 4. The molecule has 1 amide bonds. The molecule has 9 nitrogen and oxygen atoms in total. The third-order valence-corrected chi connectivity index (χ3v) is 2.80. The molecule has 1 heterocycles. The van der Waals surface area contributed by atoms with Gasteiger partial charge < -0.3 is 40.4 Å². The maximum Gasteiger partial charge on any atom is 1.00 e. The molecule has 0 saturated heterocycles. The van der Waals surface area contributed by atoms with E-state index >= 15 is 0 Å². The van der Waals surface area contributed by atoms with Crippen LogP contribution in [0.25, 0.3) is 0 Å². The van der Waals surface area contributed by atoms with Gasteiger partial charge in [0.2, 0.25) is 5.91 Å². The zero-order valence-electron chi connectivity index (χ0n) is 11.6. The zero-order valence-corrected chi connectivity index (χ0v) is 13.6. The average Bonchev–Trinajstić information content (AvgIpc) is 2.38. The predicted octanol–water partition coefficient (Wildman–Crippen LogP) is -7.40. The molecule has 0 aromatic rings. The second-order valence-corrected chi connectivity index (χ2v) is 4.36. The minimum absolute atomic E-state index is 0. The predicted molar refractivity (Wildman–Crippen MR) is 60.7 cm³/mol.